The summed E-state index contributed by atoms with van der Waals surface area (Å²) in [6.07, 6.45) is 0. The fourth-order valence-corrected chi connectivity index (χ4v) is 8.43. The minimum atomic E-state index is -0.0933. The van der Waals surface area contributed by atoms with E-state index in [1.165, 1.54) is 76.5 Å². The average molecular weight is 638 g/mol. The topological polar surface area (TPSA) is 3.24 Å². The lowest BCUT2D eigenvalue weighted by atomic mass is 9.82. The Bertz CT molecular complexity index is 2800. The molecule has 0 amide bonds. The van der Waals surface area contributed by atoms with Crippen molar-refractivity contribution >= 4 is 60.2 Å². The molecular formula is C49H35N. The Morgan fingerprint density at radius 2 is 0.980 bits per heavy atom. The van der Waals surface area contributed by atoms with Gasteiger partial charge in [-0.15, -0.1) is 0 Å². The zero-order valence-electron chi connectivity index (χ0n) is 28.2. The number of benzene rings is 9. The highest BCUT2D eigenvalue weighted by Crippen LogP contribution is 2.51. The van der Waals surface area contributed by atoms with Gasteiger partial charge in [-0.05, 0) is 119 Å². The van der Waals surface area contributed by atoms with Crippen molar-refractivity contribution in [3.8, 4) is 22.3 Å². The van der Waals surface area contributed by atoms with Crippen LogP contribution in [0.1, 0.15) is 25.0 Å². The summed E-state index contributed by atoms with van der Waals surface area (Å²) in [4.78, 5) is 2.44. The van der Waals surface area contributed by atoms with E-state index in [2.05, 4.69) is 195 Å². The largest absolute Gasteiger partial charge is 0.310 e. The molecular weight excluding hydrogens is 603 g/mol. The lowest BCUT2D eigenvalue weighted by Crippen LogP contribution is -2.16. The molecule has 0 N–H and O–H groups in total. The van der Waals surface area contributed by atoms with Crippen molar-refractivity contribution in [1.82, 2.24) is 0 Å². The second kappa shape index (κ2) is 10.9. The van der Waals surface area contributed by atoms with E-state index in [-0.39, 0.29) is 5.41 Å². The Balaban J connectivity index is 1.18. The SMILES string of the molecule is CC1(C)c2ccccc2-c2ccc(N(c3cccc(-c4ccc5ccccc5c4)c3)c3ccc4c(ccc5ccc6ccccc6c54)c3)cc21. The molecule has 1 heteroatoms. The molecule has 0 saturated carbocycles. The third kappa shape index (κ3) is 4.40. The zero-order chi connectivity index (χ0) is 33.4. The van der Waals surface area contributed by atoms with Gasteiger partial charge in [0.15, 0.2) is 0 Å². The monoisotopic (exact) mass is 637 g/mol. The van der Waals surface area contributed by atoms with Gasteiger partial charge in [0.05, 0.1) is 0 Å². The summed E-state index contributed by atoms with van der Waals surface area (Å²) in [5.74, 6) is 0. The van der Waals surface area contributed by atoms with Crippen LogP contribution < -0.4 is 4.90 Å². The van der Waals surface area contributed by atoms with Crippen LogP contribution in [-0.2, 0) is 5.41 Å². The molecule has 0 aliphatic heterocycles. The van der Waals surface area contributed by atoms with Crippen LogP contribution in [0.3, 0.4) is 0 Å². The molecule has 1 nitrogen and oxygen atoms in total. The van der Waals surface area contributed by atoms with E-state index in [4.69, 9.17) is 0 Å². The zero-order valence-corrected chi connectivity index (χ0v) is 28.2. The van der Waals surface area contributed by atoms with Crippen LogP contribution in [0.15, 0.2) is 176 Å². The predicted octanol–water partition coefficient (Wildman–Crippen LogP) is 13.7. The van der Waals surface area contributed by atoms with Crippen molar-refractivity contribution in [1.29, 1.82) is 0 Å². The first-order chi connectivity index (χ1) is 24.5. The molecule has 9 aromatic carbocycles. The Morgan fingerprint density at radius 1 is 0.360 bits per heavy atom. The van der Waals surface area contributed by atoms with Crippen LogP contribution in [0.4, 0.5) is 17.1 Å². The van der Waals surface area contributed by atoms with Gasteiger partial charge in [-0.2, -0.15) is 0 Å². The first-order valence-electron chi connectivity index (χ1n) is 17.5. The standard InChI is InChI=1S/C49H35N/c1-49(2)46-17-8-7-16-44(46)45-27-25-41(31-47(45)49)50(39-14-9-13-36(29-39)37-22-18-32-10-3-4-12-35(32)28-37)40-24-26-43-38(30-40)23-21-34-20-19-33-11-5-6-15-42(33)48(34)43/h3-31H,1-2H3. The lowest BCUT2D eigenvalue weighted by Gasteiger charge is -2.29. The summed E-state index contributed by atoms with van der Waals surface area (Å²) in [6, 6.07) is 65.1. The van der Waals surface area contributed by atoms with Crippen LogP contribution in [-0.4, -0.2) is 0 Å². The summed E-state index contributed by atoms with van der Waals surface area (Å²) in [5.41, 5.74) is 11.2. The van der Waals surface area contributed by atoms with Gasteiger partial charge < -0.3 is 4.90 Å². The van der Waals surface area contributed by atoms with E-state index in [9.17, 15) is 0 Å². The molecule has 236 valence electrons. The Labute approximate surface area is 292 Å². The van der Waals surface area contributed by atoms with Gasteiger partial charge in [0.25, 0.3) is 0 Å². The van der Waals surface area contributed by atoms with Gasteiger partial charge in [-0.1, -0.05) is 147 Å². The quantitative estimate of drug-likeness (QED) is 0.174. The van der Waals surface area contributed by atoms with Crippen molar-refractivity contribution in [3.63, 3.8) is 0 Å². The van der Waals surface area contributed by atoms with E-state index in [0.717, 1.165) is 17.1 Å². The third-order valence-corrected chi connectivity index (χ3v) is 11.0. The second-order valence-corrected chi connectivity index (χ2v) is 14.2. The Hall–Kier alpha value is -6.18. The number of anilines is 3. The predicted molar refractivity (Wildman–Crippen MR) is 214 cm³/mol. The summed E-state index contributed by atoms with van der Waals surface area (Å²) in [5, 5.41) is 10.2. The minimum absolute atomic E-state index is 0.0933. The van der Waals surface area contributed by atoms with Crippen LogP contribution in [0, 0.1) is 0 Å². The molecule has 50 heavy (non-hydrogen) atoms. The molecule has 0 heterocycles. The third-order valence-electron chi connectivity index (χ3n) is 11.0. The fraction of sp³-hybridized carbons (Fsp3) is 0.0612. The summed E-state index contributed by atoms with van der Waals surface area (Å²) < 4.78 is 0. The molecule has 9 aromatic rings. The summed E-state index contributed by atoms with van der Waals surface area (Å²) >= 11 is 0. The number of rotatable bonds is 4. The van der Waals surface area contributed by atoms with Crippen molar-refractivity contribution in [2.45, 2.75) is 19.3 Å². The highest BCUT2D eigenvalue weighted by molar-refractivity contribution is 6.20. The van der Waals surface area contributed by atoms with Gasteiger partial charge in [-0.25, -0.2) is 0 Å². The van der Waals surface area contributed by atoms with Crippen LogP contribution >= 0.6 is 0 Å². The number of nitrogens with zero attached hydrogens (tertiary/aromatic N) is 1. The van der Waals surface area contributed by atoms with E-state index in [0.29, 0.717) is 0 Å². The second-order valence-electron chi connectivity index (χ2n) is 14.2. The molecule has 1 aliphatic rings. The van der Waals surface area contributed by atoms with Gasteiger partial charge >= 0.3 is 0 Å². The van der Waals surface area contributed by atoms with Crippen molar-refractivity contribution < 1.29 is 0 Å². The molecule has 0 aromatic heterocycles. The van der Waals surface area contributed by atoms with Crippen LogP contribution in [0.2, 0.25) is 0 Å². The van der Waals surface area contributed by atoms with Gasteiger partial charge in [0.2, 0.25) is 0 Å². The Morgan fingerprint density at radius 3 is 1.88 bits per heavy atom. The van der Waals surface area contributed by atoms with Gasteiger partial charge in [0.1, 0.15) is 0 Å². The van der Waals surface area contributed by atoms with E-state index >= 15 is 0 Å². The number of hydrogen-bond acceptors (Lipinski definition) is 1. The van der Waals surface area contributed by atoms with Gasteiger partial charge in [-0.3, -0.25) is 0 Å². The lowest BCUT2D eigenvalue weighted by molar-refractivity contribution is 0.660. The molecule has 0 atom stereocenters. The first-order valence-corrected chi connectivity index (χ1v) is 17.5. The van der Waals surface area contributed by atoms with Crippen molar-refractivity contribution in [3.05, 3.63) is 187 Å². The fourth-order valence-electron chi connectivity index (χ4n) is 8.43. The highest BCUT2D eigenvalue weighted by atomic mass is 15.1. The molecule has 0 fully saturated rings. The molecule has 1 aliphatic carbocycles. The van der Waals surface area contributed by atoms with Gasteiger partial charge in [0, 0.05) is 22.5 Å². The maximum Gasteiger partial charge on any atom is 0.0468 e. The molecule has 0 spiro atoms. The van der Waals surface area contributed by atoms with Crippen molar-refractivity contribution in [2.75, 3.05) is 4.90 Å². The first kappa shape index (κ1) is 28.8. The summed E-state index contributed by atoms with van der Waals surface area (Å²) in [6.45, 7) is 4.72. The van der Waals surface area contributed by atoms with E-state index in [1.54, 1.807) is 0 Å². The molecule has 0 unspecified atom stereocenters. The molecule has 0 saturated heterocycles. The number of fused-ring (bicyclic) bond motifs is 9. The molecule has 0 radical (unpaired) electrons. The smallest absolute Gasteiger partial charge is 0.0468 e. The van der Waals surface area contributed by atoms with Crippen molar-refractivity contribution in [2.24, 2.45) is 0 Å². The van der Waals surface area contributed by atoms with Crippen LogP contribution in [0.25, 0.3) is 65.3 Å². The minimum Gasteiger partial charge on any atom is -0.310 e. The normalized spacial score (nSPS) is 13.2. The maximum absolute atomic E-state index is 2.44. The molecule has 10 rings (SSSR count). The Kier molecular flexibility index (Phi) is 6.29. The maximum atomic E-state index is 2.44. The van der Waals surface area contributed by atoms with Crippen LogP contribution in [0.5, 0.6) is 0 Å². The van der Waals surface area contributed by atoms with E-state index < -0.39 is 0 Å². The molecule has 0 bridgehead atoms. The highest BCUT2D eigenvalue weighted by Gasteiger charge is 2.35. The number of hydrogen-bond donors (Lipinski definition) is 0. The average Bonchev–Trinajstić information content (AvgIpc) is 3.40. The van der Waals surface area contributed by atoms with E-state index in [1.807, 2.05) is 0 Å². The summed E-state index contributed by atoms with van der Waals surface area (Å²) in [7, 11) is 0.